The molecule has 3 aromatic carbocycles. The van der Waals surface area contributed by atoms with Crippen LogP contribution >= 0.6 is 11.6 Å². The van der Waals surface area contributed by atoms with Crippen LogP contribution in [0, 0.1) is 6.92 Å². The monoisotopic (exact) mass is 464 g/mol. The van der Waals surface area contributed by atoms with Crippen molar-refractivity contribution >= 4 is 46.5 Å². The second kappa shape index (κ2) is 11.2. The largest absolute Gasteiger partial charge is 0.329 e. The number of carbonyl (C=O) groups is 3. The molecule has 170 valence electrons. The number of halogens is 1. The second-order valence-electron chi connectivity index (χ2n) is 7.42. The van der Waals surface area contributed by atoms with Crippen LogP contribution in [0.4, 0.5) is 21.9 Å². The summed E-state index contributed by atoms with van der Waals surface area (Å²) in [6, 6.07) is 21.6. The number of anilines is 3. The zero-order valence-electron chi connectivity index (χ0n) is 18.3. The van der Waals surface area contributed by atoms with Gasteiger partial charge in [0.2, 0.25) is 11.8 Å². The summed E-state index contributed by atoms with van der Waals surface area (Å²) >= 11 is 6.33. The summed E-state index contributed by atoms with van der Waals surface area (Å²) in [5.41, 5.74) is 2.59. The second-order valence-corrected chi connectivity index (χ2v) is 7.83. The van der Waals surface area contributed by atoms with Crippen LogP contribution in [0.1, 0.15) is 12.5 Å². The van der Waals surface area contributed by atoms with Crippen molar-refractivity contribution in [3.63, 3.8) is 0 Å². The molecule has 3 rings (SSSR count). The summed E-state index contributed by atoms with van der Waals surface area (Å²) in [4.78, 5) is 39.6. The van der Waals surface area contributed by atoms with Gasteiger partial charge < -0.3 is 16.0 Å². The highest BCUT2D eigenvalue weighted by Crippen LogP contribution is 2.27. The Labute approximate surface area is 197 Å². The summed E-state index contributed by atoms with van der Waals surface area (Å²) in [7, 11) is 0. The minimum atomic E-state index is -0.890. The molecule has 1 unspecified atom stereocenters. The van der Waals surface area contributed by atoms with Crippen LogP contribution in [0.3, 0.4) is 0 Å². The molecule has 3 aromatic rings. The maximum Gasteiger partial charge on any atom is 0.319 e. The van der Waals surface area contributed by atoms with E-state index in [4.69, 9.17) is 11.6 Å². The van der Waals surface area contributed by atoms with Gasteiger partial charge in [0.25, 0.3) is 0 Å². The Hall–Kier alpha value is -3.84. The standard InChI is InChI=1S/C25H25ClN4O3/c1-17-9-8-12-20(15-17)29-25(33)27-16-23(31)30(22-14-7-6-13-21(22)26)18(2)24(32)28-19-10-4-3-5-11-19/h3-15,18H,16H2,1-2H3,(H,28,32)(H2,27,29,33). The highest BCUT2D eigenvalue weighted by atomic mass is 35.5. The summed E-state index contributed by atoms with van der Waals surface area (Å²) < 4.78 is 0. The van der Waals surface area contributed by atoms with Crippen molar-refractivity contribution in [3.05, 3.63) is 89.4 Å². The third kappa shape index (κ3) is 6.57. The lowest BCUT2D eigenvalue weighted by Crippen LogP contribution is -2.50. The molecule has 0 aliphatic carbocycles. The molecule has 0 aliphatic heterocycles. The molecule has 0 fully saturated rings. The van der Waals surface area contributed by atoms with Gasteiger partial charge in [-0.15, -0.1) is 0 Å². The van der Waals surface area contributed by atoms with Crippen molar-refractivity contribution in [3.8, 4) is 0 Å². The van der Waals surface area contributed by atoms with Gasteiger partial charge in [-0.2, -0.15) is 0 Å². The molecule has 0 aromatic heterocycles. The lowest BCUT2D eigenvalue weighted by atomic mass is 10.2. The fourth-order valence-electron chi connectivity index (χ4n) is 3.23. The van der Waals surface area contributed by atoms with E-state index >= 15 is 0 Å². The third-order valence-corrected chi connectivity index (χ3v) is 5.18. The average Bonchev–Trinajstić information content (AvgIpc) is 2.79. The number of carbonyl (C=O) groups excluding carboxylic acids is 3. The van der Waals surface area contributed by atoms with E-state index in [-0.39, 0.29) is 6.54 Å². The highest BCUT2D eigenvalue weighted by Gasteiger charge is 2.29. The number of para-hydroxylation sites is 2. The number of nitrogens with one attached hydrogen (secondary N) is 3. The molecular weight excluding hydrogens is 440 g/mol. The Kier molecular flexibility index (Phi) is 8.05. The molecule has 1 atom stereocenters. The number of hydrogen-bond acceptors (Lipinski definition) is 3. The quantitative estimate of drug-likeness (QED) is 0.467. The van der Waals surface area contributed by atoms with Crippen LogP contribution in [-0.2, 0) is 9.59 Å². The molecule has 8 heteroatoms. The lowest BCUT2D eigenvalue weighted by Gasteiger charge is -2.29. The number of rotatable bonds is 7. The van der Waals surface area contributed by atoms with E-state index < -0.39 is 23.9 Å². The van der Waals surface area contributed by atoms with E-state index in [1.54, 1.807) is 61.5 Å². The van der Waals surface area contributed by atoms with E-state index in [1.165, 1.54) is 4.90 Å². The summed E-state index contributed by atoms with van der Waals surface area (Å²) in [6.07, 6.45) is 0. The average molecular weight is 465 g/mol. The Balaban J connectivity index is 1.73. The van der Waals surface area contributed by atoms with Gasteiger partial charge in [0.1, 0.15) is 6.04 Å². The molecule has 0 radical (unpaired) electrons. The molecule has 3 N–H and O–H groups in total. The van der Waals surface area contributed by atoms with Gasteiger partial charge in [0.15, 0.2) is 0 Å². The van der Waals surface area contributed by atoms with Crippen LogP contribution in [0.5, 0.6) is 0 Å². The molecule has 33 heavy (non-hydrogen) atoms. The maximum atomic E-state index is 13.2. The molecule has 0 heterocycles. The van der Waals surface area contributed by atoms with Crippen LogP contribution in [-0.4, -0.2) is 30.4 Å². The summed E-state index contributed by atoms with van der Waals surface area (Å²) in [5, 5.41) is 8.34. The number of nitrogens with zero attached hydrogens (tertiary/aromatic N) is 1. The first-order chi connectivity index (χ1) is 15.8. The van der Waals surface area contributed by atoms with Gasteiger partial charge in [-0.05, 0) is 55.8 Å². The lowest BCUT2D eigenvalue weighted by molar-refractivity contribution is -0.122. The Morgan fingerprint density at radius 3 is 2.24 bits per heavy atom. The zero-order chi connectivity index (χ0) is 23.8. The van der Waals surface area contributed by atoms with Gasteiger partial charge in [0, 0.05) is 11.4 Å². The van der Waals surface area contributed by atoms with Gasteiger partial charge in [-0.1, -0.05) is 54.1 Å². The van der Waals surface area contributed by atoms with E-state index in [0.29, 0.717) is 22.1 Å². The normalized spacial score (nSPS) is 11.2. The molecule has 0 aliphatic rings. The number of amides is 4. The topological polar surface area (TPSA) is 90.5 Å². The van der Waals surface area contributed by atoms with Crippen molar-refractivity contribution in [2.75, 3.05) is 22.1 Å². The first-order valence-electron chi connectivity index (χ1n) is 10.4. The molecule has 0 saturated carbocycles. The summed E-state index contributed by atoms with van der Waals surface area (Å²) in [5.74, 6) is -0.878. The SMILES string of the molecule is Cc1cccc(NC(=O)NCC(=O)N(c2ccccc2Cl)C(C)C(=O)Nc2ccccc2)c1. The number of benzene rings is 3. The van der Waals surface area contributed by atoms with Gasteiger partial charge >= 0.3 is 6.03 Å². The van der Waals surface area contributed by atoms with Crippen molar-refractivity contribution < 1.29 is 14.4 Å². The maximum absolute atomic E-state index is 13.2. The first-order valence-corrected chi connectivity index (χ1v) is 10.8. The molecular formula is C25H25ClN4O3. The van der Waals surface area contributed by atoms with Crippen molar-refractivity contribution in [2.24, 2.45) is 0 Å². The molecule has 0 saturated heterocycles. The molecule has 7 nitrogen and oxygen atoms in total. The molecule has 4 amide bonds. The Morgan fingerprint density at radius 1 is 0.879 bits per heavy atom. The van der Waals surface area contributed by atoms with Crippen molar-refractivity contribution in [2.45, 2.75) is 19.9 Å². The smallest absolute Gasteiger partial charge is 0.319 e. The van der Waals surface area contributed by atoms with Crippen LogP contribution in [0.2, 0.25) is 5.02 Å². The fraction of sp³-hybridized carbons (Fsp3) is 0.160. The number of hydrogen-bond donors (Lipinski definition) is 3. The molecule has 0 bridgehead atoms. The Bertz CT molecular complexity index is 1140. The fourth-order valence-corrected chi connectivity index (χ4v) is 3.46. The minimum absolute atomic E-state index is 0.314. The van der Waals surface area contributed by atoms with E-state index in [1.807, 2.05) is 31.2 Å². The van der Waals surface area contributed by atoms with Crippen molar-refractivity contribution in [1.29, 1.82) is 0 Å². The third-order valence-electron chi connectivity index (χ3n) is 4.86. The first kappa shape index (κ1) is 23.8. The van der Waals surface area contributed by atoms with Crippen molar-refractivity contribution in [1.82, 2.24) is 5.32 Å². The van der Waals surface area contributed by atoms with E-state index in [9.17, 15) is 14.4 Å². The number of urea groups is 1. The minimum Gasteiger partial charge on any atom is -0.329 e. The van der Waals surface area contributed by atoms with Crippen LogP contribution in [0.25, 0.3) is 0 Å². The summed E-state index contributed by atoms with van der Waals surface area (Å²) in [6.45, 7) is 3.19. The van der Waals surface area contributed by atoms with E-state index in [0.717, 1.165) is 5.56 Å². The van der Waals surface area contributed by atoms with Gasteiger partial charge in [-0.25, -0.2) is 4.79 Å². The highest BCUT2D eigenvalue weighted by molar-refractivity contribution is 6.34. The van der Waals surface area contributed by atoms with Gasteiger partial charge in [-0.3, -0.25) is 14.5 Å². The Morgan fingerprint density at radius 2 is 1.55 bits per heavy atom. The van der Waals surface area contributed by atoms with Crippen LogP contribution in [0.15, 0.2) is 78.9 Å². The number of aryl methyl sites for hydroxylation is 1. The predicted molar refractivity (Wildman–Crippen MR) is 132 cm³/mol. The predicted octanol–water partition coefficient (Wildman–Crippen LogP) is 4.83. The molecule has 0 spiro atoms. The van der Waals surface area contributed by atoms with Gasteiger partial charge in [0.05, 0.1) is 17.3 Å². The van der Waals surface area contributed by atoms with Crippen LogP contribution < -0.4 is 20.9 Å². The zero-order valence-corrected chi connectivity index (χ0v) is 19.1. The van der Waals surface area contributed by atoms with E-state index in [2.05, 4.69) is 16.0 Å².